The molecule has 32 heavy (non-hydrogen) atoms. The van der Waals surface area contributed by atoms with Crippen LogP contribution in [0.2, 0.25) is 0 Å². The minimum atomic E-state index is -0.996. The van der Waals surface area contributed by atoms with Crippen LogP contribution < -0.4 is 4.74 Å². The van der Waals surface area contributed by atoms with Crippen molar-refractivity contribution in [3.05, 3.63) is 64.7 Å². The van der Waals surface area contributed by atoms with Crippen molar-refractivity contribution in [2.45, 2.75) is 70.3 Å². The Morgan fingerprint density at radius 3 is 2.12 bits per heavy atom. The van der Waals surface area contributed by atoms with Crippen LogP contribution in [-0.4, -0.2) is 36.0 Å². The lowest BCUT2D eigenvalue weighted by Crippen LogP contribution is -2.33. The Bertz CT molecular complexity index is 989. The van der Waals surface area contributed by atoms with Gasteiger partial charge in [0, 0.05) is 14.1 Å². The van der Waals surface area contributed by atoms with Crippen LogP contribution in [0.15, 0.2) is 42.5 Å². The Morgan fingerprint density at radius 1 is 0.969 bits per heavy atom. The number of carbonyl (C=O) groups excluding carboxylic acids is 1. The molecular weight excluding hydrogens is 402 g/mol. The number of carbonyl (C=O) groups is 2. The normalized spacial score (nSPS) is 17.2. The predicted octanol–water partition coefficient (Wildman–Crippen LogP) is 5.26. The first-order valence-corrected chi connectivity index (χ1v) is 11.2. The maximum atomic E-state index is 12.4. The molecule has 0 unspecified atom stereocenters. The zero-order valence-corrected chi connectivity index (χ0v) is 20.1. The second-order valence-electron chi connectivity index (χ2n) is 10.4. The van der Waals surface area contributed by atoms with Crippen molar-refractivity contribution in [3.63, 3.8) is 0 Å². The molecule has 0 saturated heterocycles. The minimum absolute atomic E-state index is 0.153. The Kier molecular flexibility index (Phi) is 6.68. The van der Waals surface area contributed by atoms with Gasteiger partial charge in [-0.3, -0.25) is 9.59 Å². The molecule has 0 aromatic heterocycles. The van der Waals surface area contributed by atoms with E-state index in [0.717, 1.165) is 5.56 Å². The summed E-state index contributed by atoms with van der Waals surface area (Å²) in [6.45, 7) is 9.72. The third-order valence-electron chi connectivity index (χ3n) is 6.72. The van der Waals surface area contributed by atoms with Crippen molar-refractivity contribution in [2.24, 2.45) is 0 Å². The van der Waals surface area contributed by atoms with Crippen molar-refractivity contribution in [1.82, 2.24) is 4.90 Å². The van der Waals surface area contributed by atoms with Gasteiger partial charge in [0.15, 0.2) is 0 Å². The monoisotopic (exact) mass is 437 g/mol. The number of fused-ring (bicyclic) bond motifs is 1. The number of aliphatic carboxylic acids is 1. The lowest BCUT2D eigenvalue weighted by Gasteiger charge is -2.42. The Hall–Kier alpha value is -2.82. The van der Waals surface area contributed by atoms with E-state index < -0.39 is 11.9 Å². The standard InChI is InChI=1S/C27H35NO4/c1-26(2)13-14-27(3,4)23-15-18(7-12-22(23)26)17-32-20-10-8-19(9-11-20)21(16-24(29)30)25(31)28(5)6/h7-12,15,21H,13-14,16-17H2,1-6H3,(H,29,30)/t21-/m1/s1. The van der Waals surface area contributed by atoms with Gasteiger partial charge in [0.05, 0.1) is 12.3 Å². The van der Waals surface area contributed by atoms with Crippen LogP contribution in [0.3, 0.4) is 0 Å². The second-order valence-corrected chi connectivity index (χ2v) is 10.4. The van der Waals surface area contributed by atoms with Crippen LogP contribution in [0.1, 0.15) is 75.1 Å². The summed E-state index contributed by atoms with van der Waals surface area (Å²) in [5.74, 6) is -1.23. The Balaban J connectivity index is 1.74. The molecule has 172 valence electrons. The first kappa shape index (κ1) is 23.8. The molecule has 2 aromatic rings. The summed E-state index contributed by atoms with van der Waals surface area (Å²) in [6.07, 6.45) is 2.12. The highest BCUT2D eigenvalue weighted by Gasteiger charge is 2.36. The number of ether oxygens (including phenoxy) is 1. The average Bonchev–Trinajstić information content (AvgIpc) is 2.73. The summed E-state index contributed by atoms with van der Waals surface area (Å²) < 4.78 is 6.02. The fraction of sp³-hybridized carbons (Fsp3) is 0.481. The molecule has 0 radical (unpaired) electrons. The average molecular weight is 438 g/mol. The van der Waals surface area contributed by atoms with E-state index in [-0.39, 0.29) is 23.2 Å². The number of rotatable bonds is 7. The zero-order valence-electron chi connectivity index (χ0n) is 20.1. The van der Waals surface area contributed by atoms with Crippen LogP contribution in [0.5, 0.6) is 5.75 Å². The van der Waals surface area contributed by atoms with E-state index in [2.05, 4.69) is 45.9 Å². The van der Waals surface area contributed by atoms with Gasteiger partial charge in [-0.15, -0.1) is 0 Å². The van der Waals surface area contributed by atoms with Crippen molar-refractivity contribution in [3.8, 4) is 5.75 Å². The lowest BCUT2D eigenvalue weighted by atomic mass is 9.63. The van der Waals surface area contributed by atoms with Gasteiger partial charge >= 0.3 is 5.97 Å². The maximum Gasteiger partial charge on any atom is 0.304 e. The zero-order chi connectivity index (χ0) is 23.7. The molecular formula is C27H35NO4. The molecule has 5 nitrogen and oxygen atoms in total. The SMILES string of the molecule is CN(C)C(=O)[C@H](CC(=O)O)c1ccc(OCc2ccc3c(c2)C(C)(C)CCC3(C)C)cc1. The number of hydrogen-bond acceptors (Lipinski definition) is 3. The third-order valence-corrected chi connectivity index (χ3v) is 6.72. The number of likely N-dealkylation sites (N-methyl/N-ethyl adjacent to an activating group) is 1. The quantitative estimate of drug-likeness (QED) is 0.641. The van der Waals surface area contributed by atoms with Crippen molar-refractivity contribution in [2.75, 3.05) is 14.1 Å². The van der Waals surface area contributed by atoms with Gasteiger partial charge in [-0.2, -0.15) is 0 Å². The van der Waals surface area contributed by atoms with Crippen LogP contribution in [0.4, 0.5) is 0 Å². The van der Waals surface area contributed by atoms with Crippen molar-refractivity contribution < 1.29 is 19.4 Å². The van der Waals surface area contributed by atoms with Gasteiger partial charge in [0.25, 0.3) is 0 Å². The van der Waals surface area contributed by atoms with Crippen molar-refractivity contribution >= 4 is 11.9 Å². The minimum Gasteiger partial charge on any atom is -0.489 e. The lowest BCUT2D eigenvalue weighted by molar-refractivity contribution is -0.141. The largest absolute Gasteiger partial charge is 0.489 e. The fourth-order valence-corrected chi connectivity index (χ4v) is 4.52. The van der Waals surface area contributed by atoms with E-state index in [1.165, 1.54) is 28.9 Å². The number of amides is 1. The Morgan fingerprint density at radius 2 is 1.56 bits per heavy atom. The van der Waals surface area contributed by atoms with Gasteiger partial charge in [-0.25, -0.2) is 0 Å². The van der Waals surface area contributed by atoms with E-state index >= 15 is 0 Å². The van der Waals surface area contributed by atoms with E-state index in [1.807, 2.05) is 0 Å². The van der Waals surface area contributed by atoms with Crippen LogP contribution in [0, 0.1) is 0 Å². The number of nitrogens with zero attached hydrogens (tertiary/aromatic N) is 1. The van der Waals surface area contributed by atoms with E-state index in [4.69, 9.17) is 4.74 Å². The number of carboxylic acids is 1. The fourth-order valence-electron chi connectivity index (χ4n) is 4.52. The summed E-state index contributed by atoms with van der Waals surface area (Å²) in [7, 11) is 3.27. The molecule has 5 heteroatoms. The smallest absolute Gasteiger partial charge is 0.304 e. The molecule has 0 spiro atoms. The molecule has 1 N–H and O–H groups in total. The molecule has 1 amide bonds. The first-order valence-electron chi connectivity index (χ1n) is 11.2. The van der Waals surface area contributed by atoms with Gasteiger partial charge in [-0.1, -0.05) is 58.0 Å². The molecule has 0 aliphatic heterocycles. The van der Waals surface area contributed by atoms with E-state index in [9.17, 15) is 14.7 Å². The van der Waals surface area contributed by atoms with Crippen LogP contribution in [-0.2, 0) is 27.0 Å². The van der Waals surface area contributed by atoms with Gasteiger partial charge in [0.2, 0.25) is 5.91 Å². The second kappa shape index (κ2) is 8.97. The maximum absolute atomic E-state index is 12.4. The summed E-state index contributed by atoms with van der Waals surface area (Å²) in [4.78, 5) is 25.1. The van der Waals surface area contributed by atoms with E-state index in [0.29, 0.717) is 17.9 Å². The van der Waals surface area contributed by atoms with Gasteiger partial charge in [0.1, 0.15) is 12.4 Å². The molecule has 3 rings (SSSR count). The number of carboxylic acid groups (broad SMARTS) is 1. The number of hydrogen-bond donors (Lipinski definition) is 1. The Labute approximate surface area is 191 Å². The molecule has 1 aliphatic rings. The van der Waals surface area contributed by atoms with Crippen LogP contribution in [0.25, 0.3) is 0 Å². The molecule has 0 bridgehead atoms. The topological polar surface area (TPSA) is 66.8 Å². The summed E-state index contributed by atoms with van der Waals surface area (Å²) >= 11 is 0. The van der Waals surface area contributed by atoms with Gasteiger partial charge < -0.3 is 14.7 Å². The first-order chi connectivity index (χ1) is 14.9. The molecule has 2 aromatic carbocycles. The highest BCUT2D eigenvalue weighted by molar-refractivity contribution is 5.87. The highest BCUT2D eigenvalue weighted by atomic mass is 16.5. The summed E-state index contributed by atoms with van der Waals surface area (Å²) in [5, 5.41) is 9.20. The van der Waals surface area contributed by atoms with Crippen molar-refractivity contribution in [1.29, 1.82) is 0 Å². The third kappa shape index (κ3) is 5.14. The molecule has 0 saturated carbocycles. The molecule has 1 aliphatic carbocycles. The predicted molar refractivity (Wildman–Crippen MR) is 126 cm³/mol. The van der Waals surface area contributed by atoms with Gasteiger partial charge in [-0.05, 0) is 58.1 Å². The molecule has 0 fully saturated rings. The van der Waals surface area contributed by atoms with E-state index in [1.54, 1.807) is 38.4 Å². The highest BCUT2D eigenvalue weighted by Crippen LogP contribution is 2.45. The molecule has 1 atom stereocenters. The summed E-state index contributed by atoms with van der Waals surface area (Å²) in [6, 6.07) is 13.8. The van der Waals surface area contributed by atoms with Crippen LogP contribution >= 0.6 is 0 Å². The molecule has 0 heterocycles. The number of benzene rings is 2. The summed E-state index contributed by atoms with van der Waals surface area (Å²) in [5.41, 5.74) is 4.99.